The smallest absolute Gasteiger partial charge is 0.227 e. The number of fused-ring (bicyclic) bond motifs is 1. The number of rotatable bonds is 3. The molecule has 1 aliphatic carbocycles. The van der Waals surface area contributed by atoms with E-state index in [0.717, 1.165) is 43.9 Å². The minimum Gasteiger partial charge on any atom is -0.355 e. The number of hydrogen-bond donors (Lipinski definition) is 1. The summed E-state index contributed by atoms with van der Waals surface area (Å²) in [6.45, 7) is 5.63. The Kier molecular flexibility index (Phi) is 4.39. The highest BCUT2D eigenvalue weighted by molar-refractivity contribution is 5.83. The van der Waals surface area contributed by atoms with Crippen molar-refractivity contribution in [3.05, 3.63) is 53.5 Å². The van der Waals surface area contributed by atoms with Crippen LogP contribution >= 0.6 is 0 Å². The maximum atomic E-state index is 13.1. The number of nitrogens with one attached hydrogen (secondary N) is 1. The van der Waals surface area contributed by atoms with Gasteiger partial charge < -0.3 is 10.2 Å². The van der Waals surface area contributed by atoms with Crippen LogP contribution in [0.4, 0.5) is 5.82 Å². The Morgan fingerprint density at radius 1 is 1.23 bits per heavy atom. The monoisotopic (exact) mass is 350 g/mol. The zero-order chi connectivity index (χ0) is 18.1. The van der Waals surface area contributed by atoms with Crippen LogP contribution < -0.4 is 10.2 Å². The summed E-state index contributed by atoms with van der Waals surface area (Å²) < 4.78 is 0. The Morgan fingerprint density at radius 3 is 2.65 bits per heavy atom. The van der Waals surface area contributed by atoms with Crippen LogP contribution in [0.1, 0.15) is 36.7 Å². The summed E-state index contributed by atoms with van der Waals surface area (Å²) in [4.78, 5) is 24.0. The molecule has 0 bridgehead atoms. The fourth-order valence-electron chi connectivity index (χ4n) is 4.26. The number of hydrogen-bond acceptors (Lipinski definition) is 4. The SMILES string of the molecule is Cc1nccc(N2CCC[C@](C)(C(=O)NC3Cc4ccccc4C3)C2)n1. The second-order valence-electron chi connectivity index (χ2n) is 7.90. The van der Waals surface area contributed by atoms with E-state index in [1.54, 1.807) is 6.20 Å². The van der Waals surface area contributed by atoms with Crippen molar-refractivity contribution in [2.24, 2.45) is 5.41 Å². The van der Waals surface area contributed by atoms with Crippen molar-refractivity contribution < 1.29 is 4.79 Å². The van der Waals surface area contributed by atoms with Gasteiger partial charge in [0, 0.05) is 25.3 Å². The van der Waals surface area contributed by atoms with E-state index < -0.39 is 0 Å². The molecule has 5 nitrogen and oxygen atoms in total. The number of carbonyl (C=O) groups is 1. The molecule has 2 aliphatic rings. The average molecular weight is 350 g/mol. The van der Waals surface area contributed by atoms with Crippen molar-refractivity contribution in [2.45, 2.75) is 45.6 Å². The lowest BCUT2D eigenvalue weighted by molar-refractivity contribution is -0.131. The van der Waals surface area contributed by atoms with Crippen molar-refractivity contribution in [3.8, 4) is 0 Å². The van der Waals surface area contributed by atoms with Gasteiger partial charge in [0.2, 0.25) is 5.91 Å². The predicted molar refractivity (Wildman–Crippen MR) is 102 cm³/mol. The van der Waals surface area contributed by atoms with Crippen molar-refractivity contribution in [1.82, 2.24) is 15.3 Å². The summed E-state index contributed by atoms with van der Waals surface area (Å²) >= 11 is 0. The van der Waals surface area contributed by atoms with Crippen LogP contribution in [0, 0.1) is 12.3 Å². The fraction of sp³-hybridized carbons (Fsp3) is 0.476. The summed E-state index contributed by atoms with van der Waals surface area (Å²) in [5, 5.41) is 3.32. The number of benzene rings is 1. The Balaban J connectivity index is 1.44. The molecule has 1 N–H and O–H groups in total. The lowest BCUT2D eigenvalue weighted by Crippen LogP contribution is -2.52. The molecule has 1 fully saturated rings. The first-order valence-electron chi connectivity index (χ1n) is 9.46. The van der Waals surface area contributed by atoms with Gasteiger partial charge in [-0.3, -0.25) is 4.79 Å². The molecular weight excluding hydrogens is 324 g/mol. The Morgan fingerprint density at radius 2 is 1.96 bits per heavy atom. The molecule has 1 aromatic heterocycles. The lowest BCUT2D eigenvalue weighted by Gasteiger charge is -2.40. The Hall–Kier alpha value is -2.43. The molecular formula is C21H26N4O. The van der Waals surface area contributed by atoms with E-state index in [1.807, 2.05) is 13.0 Å². The molecule has 2 heterocycles. The fourth-order valence-corrected chi connectivity index (χ4v) is 4.26. The molecule has 2 aromatic rings. The predicted octanol–water partition coefficient (Wildman–Crippen LogP) is 2.68. The number of carbonyl (C=O) groups excluding carboxylic acids is 1. The van der Waals surface area contributed by atoms with Crippen molar-refractivity contribution in [1.29, 1.82) is 0 Å². The second-order valence-corrected chi connectivity index (χ2v) is 7.90. The summed E-state index contributed by atoms with van der Waals surface area (Å²) in [6, 6.07) is 10.6. The number of aromatic nitrogens is 2. The molecule has 4 rings (SSSR count). The summed E-state index contributed by atoms with van der Waals surface area (Å²) in [5.74, 6) is 1.86. The third-order valence-electron chi connectivity index (χ3n) is 5.72. The van der Waals surface area contributed by atoms with Gasteiger partial charge in [0.15, 0.2) is 0 Å². The molecule has 1 atom stereocenters. The van der Waals surface area contributed by atoms with Crippen molar-refractivity contribution in [2.75, 3.05) is 18.0 Å². The molecule has 0 radical (unpaired) electrons. The second kappa shape index (κ2) is 6.71. The molecule has 1 aromatic carbocycles. The number of anilines is 1. The lowest BCUT2D eigenvalue weighted by atomic mass is 9.80. The first-order valence-corrected chi connectivity index (χ1v) is 9.46. The normalized spacial score (nSPS) is 22.9. The van der Waals surface area contributed by atoms with E-state index >= 15 is 0 Å². The van der Waals surface area contributed by atoms with Gasteiger partial charge in [-0.25, -0.2) is 9.97 Å². The molecule has 1 aliphatic heterocycles. The van der Waals surface area contributed by atoms with Crippen LogP contribution in [-0.4, -0.2) is 35.0 Å². The number of nitrogens with zero attached hydrogens (tertiary/aromatic N) is 3. The van der Waals surface area contributed by atoms with Gasteiger partial charge in [-0.05, 0) is 56.7 Å². The first-order chi connectivity index (χ1) is 12.5. The molecule has 136 valence electrons. The van der Waals surface area contributed by atoms with E-state index in [-0.39, 0.29) is 17.4 Å². The van der Waals surface area contributed by atoms with E-state index in [4.69, 9.17) is 0 Å². The van der Waals surface area contributed by atoms with Crippen molar-refractivity contribution >= 4 is 11.7 Å². The van der Waals surface area contributed by atoms with Crippen LogP contribution in [-0.2, 0) is 17.6 Å². The highest BCUT2D eigenvalue weighted by Crippen LogP contribution is 2.32. The molecule has 1 saturated heterocycles. The Labute approximate surface area is 154 Å². The number of piperidine rings is 1. The van der Waals surface area contributed by atoms with Crippen LogP contribution in [0.2, 0.25) is 0 Å². The van der Waals surface area contributed by atoms with Gasteiger partial charge in [0.1, 0.15) is 11.6 Å². The third-order valence-corrected chi connectivity index (χ3v) is 5.72. The summed E-state index contributed by atoms with van der Waals surface area (Å²) in [6.07, 6.45) is 5.58. The average Bonchev–Trinajstić information content (AvgIpc) is 3.04. The molecule has 1 amide bonds. The summed E-state index contributed by atoms with van der Waals surface area (Å²) in [7, 11) is 0. The largest absolute Gasteiger partial charge is 0.355 e. The minimum absolute atomic E-state index is 0.172. The topological polar surface area (TPSA) is 58.1 Å². The van der Waals surface area contributed by atoms with Crippen LogP contribution in [0.3, 0.4) is 0 Å². The number of amides is 1. The Bertz CT molecular complexity index is 796. The van der Waals surface area contributed by atoms with Gasteiger partial charge in [-0.15, -0.1) is 0 Å². The third kappa shape index (κ3) is 3.30. The van der Waals surface area contributed by atoms with Gasteiger partial charge in [0.25, 0.3) is 0 Å². The van der Waals surface area contributed by atoms with Gasteiger partial charge in [-0.2, -0.15) is 0 Å². The van der Waals surface area contributed by atoms with E-state index in [1.165, 1.54) is 11.1 Å². The van der Waals surface area contributed by atoms with E-state index in [0.29, 0.717) is 6.54 Å². The van der Waals surface area contributed by atoms with E-state index in [2.05, 4.69) is 51.4 Å². The zero-order valence-corrected chi connectivity index (χ0v) is 15.5. The quantitative estimate of drug-likeness (QED) is 0.925. The molecule has 0 unspecified atom stereocenters. The molecule has 0 saturated carbocycles. The maximum Gasteiger partial charge on any atom is 0.227 e. The van der Waals surface area contributed by atoms with Crippen LogP contribution in [0.15, 0.2) is 36.5 Å². The highest BCUT2D eigenvalue weighted by atomic mass is 16.2. The standard InChI is InChI=1S/C21H26N4O/c1-15-22-10-8-19(23-15)25-11-5-9-21(2,14-25)20(26)24-18-12-16-6-3-4-7-17(16)13-18/h3-4,6-8,10,18H,5,9,11-14H2,1-2H3,(H,24,26)/t21-/m0/s1. The zero-order valence-electron chi connectivity index (χ0n) is 15.5. The van der Waals surface area contributed by atoms with Crippen LogP contribution in [0.5, 0.6) is 0 Å². The van der Waals surface area contributed by atoms with Crippen LogP contribution in [0.25, 0.3) is 0 Å². The highest BCUT2D eigenvalue weighted by Gasteiger charge is 2.39. The molecule has 26 heavy (non-hydrogen) atoms. The first kappa shape index (κ1) is 17.0. The van der Waals surface area contributed by atoms with Gasteiger partial charge in [0.05, 0.1) is 5.41 Å². The maximum absolute atomic E-state index is 13.1. The van der Waals surface area contributed by atoms with Gasteiger partial charge >= 0.3 is 0 Å². The van der Waals surface area contributed by atoms with Gasteiger partial charge in [-0.1, -0.05) is 24.3 Å². The summed E-state index contributed by atoms with van der Waals surface area (Å²) in [5.41, 5.74) is 2.35. The molecule has 5 heteroatoms. The van der Waals surface area contributed by atoms with Crippen molar-refractivity contribution in [3.63, 3.8) is 0 Å². The van der Waals surface area contributed by atoms with E-state index in [9.17, 15) is 4.79 Å². The molecule has 0 spiro atoms. The minimum atomic E-state index is -0.383. The number of aryl methyl sites for hydroxylation is 1.